The van der Waals surface area contributed by atoms with Gasteiger partial charge in [-0.3, -0.25) is 9.59 Å². The first kappa shape index (κ1) is 23.5. The number of nitrogens with zero attached hydrogens (tertiary/aromatic N) is 1. The predicted octanol–water partition coefficient (Wildman–Crippen LogP) is 4.38. The molecule has 1 aliphatic rings. The molecule has 2 aromatic rings. The van der Waals surface area contributed by atoms with Gasteiger partial charge in [-0.1, -0.05) is 12.1 Å². The Morgan fingerprint density at radius 1 is 1.16 bits per heavy atom. The number of aliphatic hydroxyl groups is 1. The number of Topliss-reactive ketones (excluding diaryl/α,β-unsaturated/α-hetero) is 1. The molecule has 1 N–H and O–H groups in total. The first-order valence-electron chi connectivity index (χ1n) is 10.6. The highest BCUT2D eigenvalue weighted by molar-refractivity contribution is 6.46. The average Bonchev–Trinajstić information content (AvgIpc) is 3.00. The van der Waals surface area contributed by atoms with E-state index in [1.807, 2.05) is 27.7 Å². The third kappa shape index (κ3) is 4.83. The summed E-state index contributed by atoms with van der Waals surface area (Å²) < 4.78 is 24.6. The van der Waals surface area contributed by atoms with E-state index >= 15 is 0 Å². The molecule has 0 aliphatic carbocycles. The largest absolute Gasteiger partial charge is 0.507 e. The van der Waals surface area contributed by atoms with Crippen molar-refractivity contribution in [2.75, 3.05) is 19.8 Å². The Bertz CT molecular complexity index is 1030. The zero-order valence-electron chi connectivity index (χ0n) is 18.7. The van der Waals surface area contributed by atoms with E-state index in [1.54, 1.807) is 18.2 Å². The molecule has 0 spiro atoms. The van der Waals surface area contributed by atoms with Crippen LogP contribution in [0.1, 0.15) is 43.5 Å². The number of amides is 1. The van der Waals surface area contributed by atoms with E-state index in [0.717, 1.165) is 5.56 Å². The van der Waals surface area contributed by atoms with E-state index < -0.39 is 23.5 Å². The minimum absolute atomic E-state index is 0.0327. The number of hydrogen-bond acceptors (Lipinski definition) is 5. The topological polar surface area (TPSA) is 76.1 Å². The maximum absolute atomic E-state index is 13.5. The highest BCUT2D eigenvalue weighted by Crippen LogP contribution is 2.39. The van der Waals surface area contributed by atoms with Crippen molar-refractivity contribution in [2.45, 2.75) is 39.8 Å². The summed E-state index contributed by atoms with van der Waals surface area (Å²) >= 11 is 0. The summed E-state index contributed by atoms with van der Waals surface area (Å²) in [6.45, 7) is 8.34. The van der Waals surface area contributed by atoms with E-state index in [9.17, 15) is 19.1 Å². The minimum Gasteiger partial charge on any atom is -0.507 e. The lowest BCUT2D eigenvalue weighted by Crippen LogP contribution is -2.33. The molecule has 170 valence electrons. The molecule has 1 heterocycles. The van der Waals surface area contributed by atoms with Gasteiger partial charge in [0, 0.05) is 12.1 Å². The summed E-state index contributed by atoms with van der Waals surface area (Å²) in [7, 11) is 0. The van der Waals surface area contributed by atoms with Crippen LogP contribution in [0.4, 0.5) is 4.39 Å². The van der Waals surface area contributed by atoms with Gasteiger partial charge in [0.2, 0.25) is 0 Å². The first-order chi connectivity index (χ1) is 15.2. The Hall–Kier alpha value is -3.19. The van der Waals surface area contributed by atoms with E-state index in [-0.39, 0.29) is 30.6 Å². The van der Waals surface area contributed by atoms with Gasteiger partial charge in [-0.15, -0.1) is 0 Å². The molecule has 3 rings (SSSR count). The fraction of sp³-hybridized carbons (Fsp3) is 0.360. The highest BCUT2D eigenvalue weighted by atomic mass is 19.1. The predicted molar refractivity (Wildman–Crippen MR) is 119 cm³/mol. The number of benzene rings is 2. The molecular weight excluding hydrogens is 413 g/mol. The van der Waals surface area contributed by atoms with Crippen LogP contribution in [0.3, 0.4) is 0 Å². The van der Waals surface area contributed by atoms with Crippen molar-refractivity contribution in [1.29, 1.82) is 0 Å². The number of likely N-dealkylation sites (tertiary alicyclic amines) is 1. The molecule has 1 aliphatic heterocycles. The fourth-order valence-electron chi connectivity index (χ4n) is 3.76. The molecule has 1 amide bonds. The van der Waals surface area contributed by atoms with Gasteiger partial charge >= 0.3 is 0 Å². The Morgan fingerprint density at radius 2 is 1.84 bits per heavy atom. The monoisotopic (exact) mass is 441 g/mol. The normalized spacial score (nSPS) is 17.9. The SMILES string of the molecule is CCOc1ccc(/C(O)=C2/C(=O)C(=O)N(CCOC(C)C)C2c2ccc(F)cc2)cc1C. The molecule has 0 radical (unpaired) electrons. The summed E-state index contributed by atoms with van der Waals surface area (Å²) in [5, 5.41) is 11.1. The average molecular weight is 441 g/mol. The number of aryl methyl sites for hydroxylation is 1. The van der Waals surface area contributed by atoms with Gasteiger partial charge in [-0.05, 0) is 69.2 Å². The van der Waals surface area contributed by atoms with Crippen LogP contribution in [0.2, 0.25) is 0 Å². The number of carbonyl (C=O) groups is 2. The van der Waals surface area contributed by atoms with E-state index in [4.69, 9.17) is 9.47 Å². The molecule has 2 aromatic carbocycles. The van der Waals surface area contributed by atoms with E-state index in [1.165, 1.54) is 29.2 Å². The van der Waals surface area contributed by atoms with Gasteiger partial charge in [-0.25, -0.2) is 4.39 Å². The molecule has 1 saturated heterocycles. The quantitative estimate of drug-likeness (QED) is 0.374. The number of ether oxygens (including phenoxy) is 2. The lowest BCUT2D eigenvalue weighted by molar-refractivity contribution is -0.140. The van der Waals surface area contributed by atoms with Crippen LogP contribution in [0.25, 0.3) is 5.76 Å². The zero-order valence-corrected chi connectivity index (χ0v) is 18.7. The van der Waals surface area contributed by atoms with Gasteiger partial charge in [0.1, 0.15) is 17.3 Å². The van der Waals surface area contributed by atoms with Crippen molar-refractivity contribution in [3.05, 3.63) is 70.5 Å². The van der Waals surface area contributed by atoms with E-state index in [0.29, 0.717) is 23.5 Å². The molecule has 1 atom stereocenters. The molecule has 32 heavy (non-hydrogen) atoms. The smallest absolute Gasteiger partial charge is 0.295 e. The maximum atomic E-state index is 13.5. The Kier molecular flexibility index (Phi) is 7.30. The van der Waals surface area contributed by atoms with Crippen LogP contribution in [0.15, 0.2) is 48.0 Å². The third-order valence-electron chi connectivity index (χ3n) is 5.26. The molecule has 0 saturated carbocycles. The van der Waals surface area contributed by atoms with Crippen LogP contribution in [0, 0.1) is 12.7 Å². The van der Waals surface area contributed by atoms with Crippen molar-refractivity contribution < 1.29 is 28.6 Å². The van der Waals surface area contributed by atoms with Gasteiger partial charge in [0.15, 0.2) is 0 Å². The lowest BCUT2D eigenvalue weighted by Gasteiger charge is -2.25. The second-order valence-electron chi connectivity index (χ2n) is 7.88. The van der Waals surface area contributed by atoms with Crippen LogP contribution in [-0.4, -0.2) is 47.6 Å². The Labute approximate surface area is 187 Å². The number of aliphatic hydroxyl groups excluding tert-OH is 1. The molecule has 0 bridgehead atoms. The van der Waals surface area contributed by atoms with Gasteiger partial charge in [-0.2, -0.15) is 0 Å². The fourth-order valence-corrected chi connectivity index (χ4v) is 3.76. The maximum Gasteiger partial charge on any atom is 0.295 e. The third-order valence-corrected chi connectivity index (χ3v) is 5.26. The Balaban J connectivity index is 2.08. The summed E-state index contributed by atoms with van der Waals surface area (Å²) in [5.74, 6) is -1.55. The van der Waals surface area contributed by atoms with Crippen molar-refractivity contribution in [3.8, 4) is 5.75 Å². The van der Waals surface area contributed by atoms with Crippen LogP contribution < -0.4 is 4.74 Å². The van der Waals surface area contributed by atoms with Crippen LogP contribution in [0.5, 0.6) is 5.75 Å². The summed E-state index contributed by atoms with van der Waals surface area (Å²) in [5.41, 5.74) is 1.68. The van der Waals surface area contributed by atoms with Crippen molar-refractivity contribution in [2.24, 2.45) is 0 Å². The summed E-state index contributed by atoms with van der Waals surface area (Å²) in [6.07, 6.45) is -0.0390. The Morgan fingerprint density at radius 3 is 2.44 bits per heavy atom. The highest BCUT2D eigenvalue weighted by Gasteiger charge is 2.45. The van der Waals surface area contributed by atoms with Crippen molar-refractivity contribution >= 4 is 17.4 Å². The van der Waals surface area contributed by atoms with Crippen LogP contribution in [-0.2, 0) is 14.3 Å². The van der Waals surface area contributed by atoms with Crippen LogP contribution >= 0.6 is 0 Å². The molecule has 6 nitrogen and oxygen atoms in total. The number of halogens is 1. The van der Waals surface area contributed by atoms with Crippen molar-refractivity contribution in [3.63, 3.8) is 0 Å². The second kappa shape index (κ2) is 9.96. The van der Waals surface area contributed by atoms with Gasteiger partial charge in [0.25, 0.3) is 11.7 Å². The molecular formula is C25H28FNO5. The van der Waals surface area contributed by atoms with Crippen molar-refractivity contribution in [1.82, 2.24) is 4.90 Å². The number of carbonyl (C=O) groups excluding carboxylic acids is 2. The van der Waals surface area contributed by atoms with Gasteiger partial charge < -0.3 is 19.5 Å². The summed E-state index contributed by atoms with van der Waals surface area (Å²) in [4.78, 5) is 27.2. The molecule has 0 aromatic heterocycles. The lowest BCUT2D eigenvalue weighted by atomic mass is 9.94. The molecule has 1 fully saturated rings. The molecule has 7 heteroatoms. The first-order valence-corrected chi connectivity index (χ1v) is 10.6. The zero-order chi connectivity index (χ0) is 23.4. The number of ketones is 1. The summed E-state index contributed by atoms with van der Waals surface area (Å²) in [6, 6.07) is 9.77. The number of hydrogen-bond donors (Lipinski definition) is 1. The van der Waals surface area contributed by atoms with E-state index in [2.05, 4.69) is 0 Å². The minimum atomic E-state index is -0.849. The standard InChI is InChI=1S/C25H28FNO5/c1-5-31-20-11-8-18(14-16(20)4)23(28)21-22(17-6-9-19(26)10-7-17)27(25(30)24(21)29)12-13-32-15(2)3/h6-11,14-15,22,28H,5,12-13H2,1-4H3/b23-21-. The molecule has 1 unspecified atom stereocenters. The second-order valence-corrected chi connectivity index (χ2v) is 7.88. The number of rotatable bonds is 8. The van der Waals surface area contributed by atoms with Gasteiger partial charge in [0.05, 0.1) is 30.9 Å².